The quantitative estimate of drug-likeness (QED) is 0.758. The predicted molar refractivity (Wildman–Crippen MR) is 102 cm³/mol. The molecule has 1 N–H and O–H groups in total. The Kier molecular flexibility index (Phi) is 6.95. The normalized spacial score (nSPS) is 24.4. The molecule has 1 amide bonds. The van der Waals surface area contributed by atoms with Gasteiger partial charge in [0.05, 0.1) is 18.6 Å². The fourth-order valence-corrected chi connectivity index (χ4v) is 3.88. The number of nitrogens with zero attached hydrogens (tertiary/aromatic N) is 2. The average Bonchev–Trinajstić information content (AvgIpc) is 3.35. The van der Waals surface area contributed by atoms with Crippen LogP contribution in [-0.4, -0.2) is 79.1 Å². The van der Waals surface area contributed by atoms with Crippen molar-refractivity contribution in [2.45, 2.75) is 37.8 Å². The van der Waals surface area contributed by atoms with Crippen LogP contribution in [0.15, 0.2) is 18.2 Å². The molecule has 3 aliphatic rings. The van der Waals surface area contributed by atoms with Crippen LogP contribution in [0.25, 0.3) is 0 Å². The summed E-state index contributed by atoms with van der Waals surface area (Å²) in [5.74, 6) is -0.400. The Morgan fingerprint density at radius 2 is 1.87 bits per heavy atom. The molecule has 0 aromatic heterocycles. The van der Waals surface area contributed by atoms with Crippen LogP contribution in [0.4, 0.5) is 13.2 Å². The molecular formula is C20H25F3N2O6. The maximum atomic E-state index is 11.8. The number of hydrogen-bond donors (Lipinski definition) is 1. The summed E-state index contributed by atoms with van der Waals surface area (Å²) in [7, 11) is 3.59. The molecule has 3 atom stereocenters. The summed E-state index contributed by atoms with van der Waals surface area (Å²) >= 11 is 0. The van der Waals surface area contributed by atoms with E-state index in [1.165, 1.54) is 5.56 Å². The zero-order valence-corrected chi connectivity index (χ0v) is 17.2. The van der Waals surface area contributed by atoms with Gasteiger partial charge in [0.1, 0.15) is 0 Å². The van der Waals surface area contributed by atoms with Gasteiger partial charge in [0.2, 0.25) is 12.7 Å². The second kappa shape index (κ2) is 9.31. The largest absolute Gasteiger partial charge is 0.490 e. The number of rotatable bonds is 4. The van der Waals surface area contributed by atoms with E-state index in [4.69, 9.17) is 24.1 Å². The molecule has 11 heteroatoms. The molecule has 1 aromatic rings. The van der Waals surface area contributed by atoms with Gasteiger partial charge in [-0.3, -0.25) is 9.69 Å². The minimum absolute atomic E-state index is 0.0857. The number of ether oxygens (including phenoxy) is 3. The van der Waals surface area contributed by atoms with Gasteiger partial charge in [0.15, 0.2) is 11.5 Å². The van der Waals surface area contributed by atoms with E-state index in [0.717, 1.165) is 37.6 Å². The Bertz CT molecular complexity index is 803. The predicted octanol–water partition coefficient (Wildman–Crippen LogP) is 2.12. The number of fused-ring (bicyclic) bond motifs is 2. The summed E-state index contributed by atoms with van der Waals surface area (Å²) in [5, 5.41) is 7.12. The summed E-state index contributed by atoms with van der Waals surface area (Å²) in [6.07, 6.45) is -3.24. The van der Waals surface area contributed by atoms with E-state index in [1.54, 1.807) is 19.0 Å². The number of halogens is 3. The second-order valence-corrected chi connectivity index (χ2v) is 7.97. The number of carbonyl (C=O) groups is 2. The molecule has 0 spiro atoms. The highest BCUT2D eigenvalue weighted by molar-refractivity contribution is 5.76. The van der Waals surface area contributed by atoms with Crippen molar-refractivity contribution in [3.05, 3.63) is 23.8 Å². The van der Waals surface area contributed by atoms with Crippen molar-refractivity contribution in [3.8, 4) is 11.5 Å². The monoisotopic (exact) mass is 446 g/mol. The summed E-state index contributed by atoms with van der Waals surface area (Å²) in [6, 6.07) is 6.14. The maximum absolute atomic E-state index is 11.8. The van der Waals surface area contributed by atoms with Crippen LogP contribution >= 0.6 is 0 Å². The number of carboxylic acid groups (broad SMARTS) is 1. The van der Waals surface area contributed by atoms with Crippen molar-refractivity contribution >= 4 is 11.9 Å². The first kappa shape index (κ1) is 23.1. The van der Waals surface area contributed by atoms with Gasteiger partial charge in [-0.2, -0.15) is 13.2 Å². The highest BCUT2D eigenvalue weighted by atomic mass is 19.4. The van der Waals surface area contributed by atoms with Gasteiger partial charge in [0.25, 0.3) is 0 Å². The summed E-state index contributed by atoms with van der Waals surface area (Å²) in [6.45, 7) is 3.18. The summed E-state index contributed by atoms with van der Waals surface area (Å²) in [5.41, 5.74) is 1.23. The Labute approximate surface area is 177 Å². The van der Waals surface area contributed by atoms with E-state index < -0.39 is 12.1 Å². The number of aliphatic carboxylic acids is 1. The van der Waals surface area contributed by atoms with Gasteiger partial charge in [0, 0.05) is 39.6 Å². The number of benzene rings is 1. The van der Waals surface area contributed by atoms with Crippen molar-refractivity contribution < 1.29 is 42.1 Å². The second-order valence-electron chi connectivity index (χ2n) is 7.97. The minimum Gasteiger partial charge on any atom is -0.475 e. The van der Waals surface area contributed by atoms with Gasteiger partial charge in [-0.1, -0.05) is 6.07 Å². The van der Waals surface area contributed by atoms with E-state index in [-0.39, 0.29) is 18.1 Å². The van der Waals surface area contributed by atoms with Crippen LogP contribution in [0.3, 0.4) is 0 Å². The van der Waals surface area contributed by atoms with Crippen molar-refractivity contribution in [3.63, 3.8) is 0 Å². The maximum Gasteiger partial charge on any atom is 0.490 e. The molecule has 0 saturated carbocycles. The number of amides is 1. The lowest BCUT2D eigenvalue weighted by atomic mass is 10.0. The Morgan fingerprint density at radius 3 is 2.48 bits per heavy atom. The molecule has 0 bridgehead atoms. The molecule has 172 valence electrons. The molecule has 3 heterocycles. The Morgan fingerprint density at radius 1 is 1.19 bits per heavy atom. The van der Waals surface area contributed by atoms with Crippen LogP contribution in [0.1, 0.15) is 18.4 Å². The molecule has 4 rings (SSSR count). The van der Waals surface area contributed by atoms with Crippen LogP contribution in [0, 0.1) is 5.92 Å². The molecule has 0 radical (unpaired) electrons. The third-order valence-electron chi connectivity index (χ3n) is 5.38. The number of carboxylic acids is 1. The van der Waals surface area contributed by atoms with Crippen LogP contribution in [0.5, 0.6) is 11.5 Å². The third-order valence-corrected chi connectivity index (χ3v) is 5.38. The summed E-state index contributed by atoms with van der Waals surface area (Å²) in [4.78, 5) is 24.8. The minimum atomic E-state index is -5.08. The van der Waals surface area contributed by atoms with Crippen molar-refractivity contribution in [2.24, 2.45) is 5.92 Å². The fourth-order valence-electron chi connectivity index (χ4n) is 3.88. The van der Waals surface area contributed by atoms with Gasteiger partial charge < -0.3 is 24.2 Å². The molecule has 3 aliphatic heterocycles. The van der Waals surface area contributed by atoms with Gasteiger partial charge in [-0.25, -0.2) is 4.79 Å². The SMILES string of the molecule is CN(C)C(=O)C[C@H]1C[C@H]2CN(Cc3ccc4c(c3)OCO4)C[C@H]2O1.O=C(O)C(F)(F)F. The molecule has 0 aliphatic carbocycles. The highest BCUT2D eigenvalue weighted by Crippen LogP contribution is 2.36. The van der Waals surface area contributed by atoms with Crippen LogP contribution in [-0.2, 0) is 20.9 Å². The smallest absolute Gasteiger partial charge is 0.475 e. The fraction of sp³-hybridized carbons (Fsp3) is 0.600. The molecule has 0 unspecified atom stereocenters. The van der Waals surface area contributed by atoms with Crippen molar-refractivity contribution in [1.29, 1.82) is 0 Å². The first-order valence-electron chi connectivity index (χ1n) is 9.79. The van der Waals surface area contributed by atoms with E-state index in [9.17, 15) is 18.0 Å². The van der Waals surface area contributed by atoms with Crippen molar-refractivity contribution in [2.75, 3.05) is 34.0 Å². The third kappa shape index (κ3) is 6.01. The van der Waals surface area contributed by atoms with Crippen LogP contribution in [0.2, 0.25) is 0 Å². The van der Waals surface area contributed by atoms with E-state index >= 15 is 0 Å². The van der Waals surface area contributed by atoms with E-state index in [2.05, 4.69) is 17.0 Å². The molecule has 8 nitrogen and oxygen atoms in total. The first-order chi connectivity index (χ1) is 14.5. The molecule has 2 saturated heterocycles. The lowest BCUT2D eigenvalue weighted by molar-refractivity contribution is -0.192. The van der Waals surface area contributed by atoms with E-state index in [0.29, 0.717) is 19.1 Å². The number of carbonyl (C=O) groups excluding carboxylic acids is 1. The average molecular weight is 446 g/mol. The highest BCUT2D eigenvalue weighted by Gasteiger charge is 2.42. The molecule has 2 fully saturated rings. The van der Waals surface area contributed by atoms with Gasteiger partial charge in [-0.05, 0) is 24.1 Å². The number of alkyl halides is 3. The zero-order chi connectivity index (χ0) is 22.8. The summed E-state index contributed by atoms with van der Waals surface area (Å²) < 4.78 is 48.7. The Hall–Kier alpha value is -2.53. The Balaban J connectivity index is 0.000000339. The lowest BCUT2D eigenvalue weighted by Crippen LogP contribution is -2.29. The molecule has 1 aromatic carbocycles. The van der Waals surface area contributed by atoms with E-state index in [1.807, 2.05) is 6.07 Å². The first-order valence-corrected chi connectivity index (χ1v) is 9.79. The van der Waals surface area contributed by atoms with Gasteiger partial charge >= 0.3 is 12.1 Å². The number of hydrogen-bond acceptors (Lipinski definition) is 6. The van der Waals surface area contributed by atoms with Gasteiger partial charge in [-0.15, -0.1) is 0 Å². The zero-order valence-electron chi connectivity index (χ0n) is 17.2. The molecule has 31 heavy (non-hydrogen) atoms. The lowest BCUT2D eigenvalue weighted by Gasteiger charge is -2.20. The number of likely N-dealkylation sites (tertiary alicyclic amines) is 1. The molecular weight excluding hydrogens is 421 g/mol. The van der Waals surface area contributed by atoms with Crippen molar-refractivity contribution in [1.82, 2.24) is 9.80 Å². The topological polar surface area (TPSA) is 88.5 Å². The standard InChI is InChI=1S/C18H24N2O4.C2HF3O2/c1-19(2)18(21)7-14-6-13-9-20(10-17(13)24-14)8-12-3-4-15-16(5-12)23-11-22-15;3-2(4,5)1(6)7/h3-5,13-14,17H,6-11H2,1-2H3;(H,6,7)/t13-,14+,17+;/m0./s1. The van der Waals surface area contributed by atoms with Crippen LogP contribution < -0.4 is 9.47 Å².